The number of hydrogen-bond donors (Lipinski definition) is 2. The topological polar surface area (TPSA) is 66.4 Å². The first-order valence-corrected chi connectivity index (χ1v) is 8.55. The number of rotatable bonds is 7. The van der Waals surface area contributed by atoms with Crippen molar-refractivity contribution in [3.63, 3.8) is 0 Å². The first-order chi connectivity index (χ1) is 9.29. The van der Waals surface area contributed by atoms with Crippen molar-refractivity contribution < 1.29 is 14.7 Å². The maximum Gasteiger partial charge on any atom is 0.303 e. The van der Waals surface area contributed by atoms with E-state index in [2.05, 4.69) is 11.6 Å². The number of carboxylic acid groups (broad SMARTS) is 1. The minimum Gasteiger partial charge on any atom is -0.481 e. The van der Waals surface area contributed by atoms with Crippen molar-refractivity contribution >= 4 is 23.6 Å². The minimum absolute atomic E-state index is 0.0219. The summed E-state index contributed by atoms with van der Waals surface area (Å²) in [5, 5.41) is 11.9. The van der Waals surface area contributed by atoms with E-state index in [0.717, 1.165) is 12.8 Å². The second-order valence-electron chi connectivity index (χ2n) is 6.64. The lowest BCUT2D eigenvalue weighted by molar-refractivity contribution is -0.139. The van der Waals surface area contributed by atoms with Gasteiger partial charge in [0.2, 0.25) is 5.91 Å². The summed E-state index contributed by atoms with van der Waals surface area (Å²) >= 11 is 1.85. The van der Waals surface area contributed by atoms with E-state index in [1.165, 1.54) is 19.3 Å². The summed E-state index contributed by atoms with van der Waals surface area (Å²) in [5.41, 5.74) is -0.491. The van der Waals surface area contributed by atoms with Crippen molar-refractivity contribution in [2.24, 2.45) is 5.41 Å². The third-order valence-corrected chi connectivity index (χ3v) is 5.49. The quantitative estimate of drug-likeness (QED) is 0.758. The van der Waals surface area contributed by atoms with Gasteiger partial charge < -0.3 is 10.4 Å². The van der Waals surface area contributed by atoms with Crippen molar-refractivity contribution in [1.82, 2.24) is 5.32 Å². The first-order valence-electron chi connectivity index (χ1n) is 7.32. The first kappa shape index (κ1) is 17.3. The lowest BCUT2D eigenvalue weighted by Gasteiger charge is -2.36. The number of carbonyl (C=O) groups excluding carboxylic acids is 1. The van der Waals surface area contributed by atoms with Crippen LogP contribution in [0.3, 0.4) is 0 Å². The Labute approximate surface area is 126 Å². The molecule has 1 saturated carbocycles. The molecule has 1 aliphatic carbocycles. The highest BCUT2D eigenvalue weighted by Gasteiger charge is 2.32. The van der Waals surface area contributed by atoms with Crippen molar-refractivity contribution in [2.75, 3.05) is 12.8 Å². The summed E-state index contributed by atoms with van der Waals surface area (Å²) in [5.74, 6) is -0.883. The number of amides is 1. The van der Waals surface area contributed by atoms with E-state index >= 15 is 0 Å². The molecule has 0 spiro atoms. The lowest BCUT2D eigenvalue weighted by atomic mass is 9.85. The smallest absolute Gasteiger partial charge is 0.303 e. The van der Waals surface area contributed by atoms with Crippen LogP contribution in [0.2, 0.25) is 0 Å². The molecule has 0 radical (unpaired) electrons. The normalized spacial score (nSPS) is 18.6. The molecule has 20 heavy (non-hydrogen) atoms. The Bertz CT molecular complexity index is 349. The molecule has 0 aromatic heterocycles. The summed E-state index contributed by atoms with van der Waals surface area (Å²) in [7, 11) is 0. The van der Waals surface area contributed by atoms with Crippen LogP contribution < -0.4 is 5.32 Å². The monoisotopic (exact) mass is 301 g/mol. The second kappa shape index (κ2) is 7.34. The van der Waals surface area contributed by atoms with Crippen LogP contribution in [-0.4, -0.2) is 34.5 Å². The third-order valence-electron chi connectivity index (χ3n) is 4.07. The van der Waals surface area contributed by atoms with Gasteiger partial charge in [0.1, 0.15) is 0 Å². The standard InChI is InChI=1S/C15H27NO3S/c1-14(2,10-13(18)19)9-12(17)16-11-15(20-3)7-5-4-6-8-15/h4-11H2,1-3H3,(H,16,17)(H,18,19). The molecule has 0 bridgehead atoms. The van der Waals surface area contributed by atoms with Gasteiger partial charge in [-0.1, -0.05) is 33.1 Å². The predicted molar refractivity (Wildman–Crippen MR) is 83.0 cm³/mol. The van der Waals surface area contributed by atoms with Gasteiger partial charge in [0, 0.05) is 17.7 Å². The maximum absolute atomic E-state index is 12.0. The molecular formula is C15H27NO3S. The van der Waals surface area contributed by atoms with E-state index in [0.29, 0.717) is 6.54 Å². The number of carboxylic acids is 1. The van der Waals surface area contributed by atoms with Gasteiger partial charge in [0.05, 0.1) is 6.42 Å². The summed E-state index contributed by atoms with van der Waals surface area (Å²) in [6.07, 6.45) is 8.49. The summed E-state index contributed by atoms with van der Waals surface area (Å²) in [6.45, 7) is 4.35. The molecule has 0 aliphatic heterocycles. The van der Waals surface area contributed by atoms with E-state index in [1.807, 2.05) is 25.6 Å². The Balaban J connectivity index is 2.44. The molecular weight excluding hydrogens is 274 g/mol. The zero-order valence-electron chi connectivity index (χ0n) is 12.8. The number of nitrogens with one attached hydrogen (secondary N) is 1. The molecule has 1 aliphatic rings. The van der Waals surface area contributed by atoms with Crippen molar-refractivity contribution in [3.8, 4) is 0 Å². The van der Waals surface area contributed by atoms with Gasteiger partial charge in [-0.2, -0.15) is 11.8 Å². The van der Waals surface area contributed by atoms with E-state index in [1.54, 1.807) is 0 Å². The molecule has 0 heterocycles. The average Bonchev–Trinajstić information content (AvgIpc) is 2.35. The second-order valence-corrected chi connectivity index (χ2v) is 7.91. The zero-order valence-corrected chi connectivity index (χ0v) is 13.6. The van der Waals surface area contributed by atoms with Crippen LogP contribution in [-0.2, 0) is 9.59 Å². The molecule has 0 unspecified atom stereocenters. The minimum atomic E-state index is -0.851. The van der Waals surface area contributed by atoms with Crippen LogP contribution in [0.1, 0.15) is 58.8 Å². The molecule has 0 aromatic rings. The molecule has 116 valence electrons. The SMILES string of the molecule is CSC1(CNC(=O)CC(C)(C)CC(=O)O)CCCCC1. The molecule has 4 nitrogen and oxygen atoms in total. The van der Waals surface area contributed by atoms with Crippen LogP contribution in [0, 0.1) is 5.41 Å². The molecule has 0 saturated heterocycles. The highest BCUT2D eigenvalue weighted by molar-refractivity contribution is 8.00. The summed E-state index contributed by atoms with van der Waals surface area (Å²) in [4.78, 5) is 22.8. The molecule has 0 atom stereocenters. The van der Waals surface area contributed by atoms with Crippen LogP contribution in [0.25, 0.3) is 0 Å². The molecule has 1 rings (SSSR count). The van der Waals surface area contributed by atoms with Crippen LogP contribution >= 0.6 is 11.8 Å². The molecule has 1 fully saturated rings. The van der Waals surface area contributed by atoms with Gasteiger partial charge in [-0.25, -0.2) is 0 Å². The fraction of sp³-hybridized carbons (Fsp3) is 0.867. The average molecular weight is 301 g/mol. The van der Waals surface area contributed by atoms with E-state index in [4.69, 9.17) is 5.11 Å². The molecule has 5 heteroatoms. The number of thioether (sulfide) groups is 1. The van der Waals surface area contributed by atoms with Gasteiger partial charge in [-0.3, -0.25) is 9.59 Å². The van der Waals surface area contributed by atoms with Crippen molar-refractivity contribution in [2.45, 2.75) is 63.5 Å². The Morgan fingerprint density at radius 3 is 2.30 bits per heavy atom. The number of hydrogen-bond acceptors (Lipinski definition) is 3. The lowest BCUT2D eigenvalue weighted by Crippen LogP contribution is -2.42. The van der Waals surface area contributed by atoms with Gasteiger partial charge in [0.25, 0.3) is 0 Å². The van der Waals surface area contributed by atoms with Gasteiger partial charge in [0.15, 0.2) is 0 Å². The maximum atomic E-state index is 12.0. The summed E-state index contributed by atoms with van der Waals surface area (Å²) < 4.78 is 0.185. The van der Waals surface area contributed by atoms with Crippen LogP contribution in [0.5, 0.6) is 0 Å². The molecule has 2 N–H and O–H groups in total. The highest BCUT2D eigenvalue weighted by Crippen LogP contribution is 2.38. The van der Waals surface area contributed by atoms with Gasteiger partial charge in [-0.15, -0.1) is 0 Å². The summed E-state index contributed by atoms with van der Waals surface area (Å²) in [6, 6.07) is 0. The third kappa shape index (κ3) is 5.73. The van der Waals surface area contributed by atoms with Crippen LogP contribution in [0.4, 0.5) is 0 Å². The van der Waals surface area contributed by atoms with E-state index in [-0.39, 0.29) is 23.5 Å². The van der Waals surface area contributed by atoms with Gasteiger partial charge >= 0.3 is 5.97 Å². The fourth-order valence-corrected chi connectivity index (χ4v) is 3.79. The Hall–Kier alpha value is -0.710. The largest absolute Gasteiger partial charge is 0.481 e. The zero-order chi connectivity index (χ0) is 15.2. The molecule has 0 aromatic carbocycles. The van der Waals surface area contributed by atoms with Gasteiger partial charge in [-0.05, 0) is 24.5 Å². The molecule has 1 amide bonds. The van der Waals surface area contributed by atoms with Crippen molar-refractivity contribution in [1.29, 1.82) is 0 Å². The highest BCUT2D eigenvalue weighted by atomic mass is 32.2. The van der Waals surface area contributed by atoms with E-state index < -0.39 is 11.4 Å². The Kier molecular flexibility index (Phi) is 6.37. The number of aliphatic carboxylic acids is 1. The Morgan fingerprint density at radius 1 is 1.20 bits per heavy atom. The van der Waals surface area contributed by atoms with Crippen molar-refractivity contribution in [3.05, 3.63) is 0 Å². The number of carbonyl (C=O) groups is 2. The fourth-order valence-electron chi connectivity index (χ4n) is 2.88. The predicted octanol–water partition coefficient (Wildman–Crippen LogP) is 3.06. The Morgan fingerprint density at radius 2 is 1.80 bits per heavy atom. The van der Waals surface area contributed by atoms with Crippen LogP contribution in [0.15, 0.2) is 0 Å². The van der Waals surface area contributed by atoms with E-state index in [9.17, 15) is 9.59 Å².